The summed E-state index contributed by atoms with van der Waals surface area (Å²) in [6.07, 6.45) is 4.70. The minimum Gasteiger partial charge on any atom is -0.381 e. The third-order valence-electron chi connectivity index (χ3n) is 3.80. The predicted octanol–water partition coefficient (Wildman–Crippen LogP) is 4.41. The first kappa shape index (κ1) is 15.9. The van der Waals surface area contributed by atoms with Gasteiger partial charge in [-0.2, -0.15) is 0 Å². The van der Waals surface area contributed by atoms with Crippen molar-refractivity contribution in [1.82, 2.24) is 5.32 Å². The van der Waals surface area contributed by atoms with Crippen LogP contribution in [-0.4, -0.2) is 25.0 Å². The first-order valence-corrected chi connectivity index (χ1v) is 8.79. The molecule has 1 aliphatic rings. The zero-order valence-corrected chi connectivity index (χ0v) is 13.5. The minimum atomic E-state index is 0.497. The molecule has 1 N–H and O–H groups in total. The van der Waals surface area contributed by atoms with Crippen LogP contribution < -0.4 is 5.32 Å². The smallest absolute Gasteiger partial charge is 0.0476 e. The van der Waals surface area contributed by atoms with Gasteiger partial charge in [-0.25, -0.2) is 0 Å². The van der Waals surface area contributed by atoms with E-state index in [-0.39, 0.29) is 0 Å². The number of benzene rings is 1. The number of ether oxygens (including phenoxy) is 1. The summed E-state index contributed by atoms with van der Waals surface area (Å²) >= 11 is 2.01. The van der Waals surface area contributed by atoms with Crippen molar-refractivity contribution in [1.29, 1.82) is 0 Å². The topological polar surface area (TPSA) is 21.3 Å². The maximum atomic E-state index is 5.42. The van der Waals surface area contributed by atoms with Gasteiger partial charge in [0, 0.05) is 29.4 Å². The highest BCUT2D eigenvalue weighted by molar-refractivity contribution is 8.00. The first-order chi connectivity index (χ1) is 9.83. The lowest BCUT2D eigenvalue weighted by Crippen LogP contribution is -2.21. The summed E-state index contributed by atoms with van der Waals surface area (Å²) < 4.78 is 5.42. The summed E-state index contributed by atoms with van der Waals surface area (Å²) in [5, 5.41) is 4.34. The molecule has 1 fully saturated rings. The van der Waals surface area contributed by atoms with Gasteiger partial charge in [0.05, 0.1) is 0 Å². The minimum absolute atomic E-state index is 0.497. The Labute approximate surface area is 127 Å². The number of thioether (sulfide) groups is 1. The first-order valence-electron chi connectivity index (χ1n) is 7.91. The second-order valence-corrected chi connectivity index (χ2v) is 6.79. The van der Waals surface area contributed by atoms with E-state index in [0.717, 1.165) is 31.4 Å². The molecule has 3 heteroatoms. The summed E-state index contributed by atoms with van der Waals surface area (Å²) in [7, 11) is 0. The van der Waals surface area contributed by atoms with E-state index < -0.39 is 0 Å². The van der Waals surface area contributed by atoms with Gasteiger partial charge in [0.15, 0.2) is 0 Å². The van der Waals surface area contributed by atoms with Crippen molar-refractivity contribution in [3.8, 4) is 0 Å². The zero-order valence-electron chi connectivity index (χ0n) is 12.7. The highest BCUT2D eigenvalue weighted by Crippen LogP contribution is 2.30. The van der Waals surface area contributed by atoms with Crippen LogP contribution >= 0.6 is 11.8 Å². The Balaban J connectivity index is 1.90. The van der Waals surface area contributed by atoms with Crippen LogP contribution in [0.1, 0.15) is 51.1 Å². The predicted molar refractivity (Wildman–Crippen MR) is 87.5 cm³/mol. The molecular weight excluding hydrogens is 266 g/mol. The van der Waals surface area contributed by atoms with E-state index in [1.807, 2.05) is 11.8 Å². The zero-order chi connectivity index (χ0) is 14.2. The van der Waals surface area contributed by atoms with Gasteiger partial charge in [0.1, 0.15) is 0 Å². The molecule has 112 valence electrons. The van der Waals surface area contributed by atoms with Crippen molar-refractivity contribution in [2.24, 2.45) is 0 Å². The monoisotopic (exact) mass is 293 g/mol. The van der Waals surface area contributed by atoms with Crippen molar-refractivity contribution in [3.05, 3.63) is 29.8 Å². The molecule has 1 unspecified atom stereocenters. The Hall–Kier alpha value is -0.510. The standard InChI is InChI=1S/C17H27NOS/c1-3-11-18-17(4-2)14-5-7-15(8-6-14)20-16-9-12-19-13-10-16/h5-8,16-18H,3-4,9-13H2,1-2H3. The van der Waals surface area contributed by atoms with Crippen LogP contribution in [0.15, 0.2) is 29.2 Å². The lowest BCUT2D eigenvalue weighted by atomic mass is 10.0. The average molecular weight is 293 g/mol. The van der Waals surface area contributed by atoms with Crippen LogP contribution in [0.25, 0.3) is 0 Å². The van der Waals surface area contributed by atoms with Crippen LogP contribution in [0.5, 0.6) is 0 Å². The normalized spacial score (nSPS) is 18.1. The van der Waals surface area contributed by atoms with E-state index in [1.165, 1.54) is 29.7 Å². The molecular formula is C17H27NOS. The van der Waals surface area contributed by atoms with E-state index in [9.17, 15) is 0 Å². The molecule has 0 amide bonds. The van der Waals surface area contributed by atoms with Crippen molar-refractivity contribution in [2.75, 3.05) is 19.8 Å². The van der Waals surface area contributed by atoms with E-state index >= 15 is 0 Å². The summed E-state index contributed by atoms with van der Waals surface area (Å²) in [6.45, 7) is 7.41. The highest BCUT2D eigenvalue weighted by Gasteiger charge is 2.15. The lowest BCUT2D eigenvalue weighted by Gasteiger charge is -2.22. The number of nitrogens with one attached hydrogen (secondary N) is 1. The second-order valence-electron chi connectivity index (χ2n) is 5.41. The molecule has 2 rings (SSSR count). The third kappa shape index (κ3) is 4.80. The van der Waals surface area contributed by atoms with Gasteiger partial charge >= 0.3 is 0 Å². The van der Waals surface area contributed by atoms with Gasteiger partial charge < -0.3 is 10.1 Å². The number of rotatable bonds is 7. The molecule has 0 saturated carbocycles. The van der Waals surface area contributed by atoms with E-state index in [2.05, 4.69) is 43.4 Å². The Kier molecular flexibility index (Phi) is 6.91. The fourth-order valence-corrected chi connectivity index (χ4v) is 3.69. The molecule has 1 heterocycles. The van der Waals surface area contributed by atoms with Gasteiger partial charge in [-0.15, -0.1) is 11.8 Å². The van der Waals surface area contributed by atoms with Gasteiger partial charge in [-0.05, 0) is 49.9 Å². The van der Waals surface area contributed by atoms with Crippen LogP contribution in [0.2, 0.25) is 0 Å². The SMILES string of the molecule is CCCNC(CC)c1ccc(SC2CCOCC2)cc1. The Morgan fingerprint density at radius 1 is 1.20 bits per heavy atom. The molecule has 1 aliphatic heterocycles. The lowest BCUT2D eigenvalue weighted by molar-refractivity contribution is 0.100. The van der Waals surface area contributed by atoms with Gasteiger partial charge in [0.2, 0.25) is 0 Å². The molecule has 1 aromatic rings. The third-order valence-corrected chi connectivity index (χ3v) is 5.15. The maximum absolute atomic E-state index is 5.42. The Morgan fingerprint density at radius 3 is 2.50 bits per heavy atom. The molecule has 0 spiro atoms. The van der Waals surface area contributed by atoms with Gasteiger partial charge in [-0.1, -0.05) is 26.0 Å². The highest BCUT2D eigenvalue weighted by atomic mass is 32.2. The maximum Gasteiger partial charge on any atom is 0.0476 e. The second kappa shape index (κ2) is 8.71. The Bertz CT molecular complexity index is 373. The summed E-state index contributed by atoms with van der Waals surface area (Å²) in [5.41, 5.74) is 1.41. The summed E-state index contributed by atoms with van der Waals surface area (Å²) in [5.74, 6) is 0. The molecule has 0 aromatic heterocycles. The molecule has 0 bridgehead atoms. The molecule has 1 saturated heterocycles. The van der Waals surface area contributed by atoms with E-state index in [0.29, 0.717) is 6.04 Å². The van der Waals surface area contributed by atoms with Crippen LogP contribution in [0.4, 0.5) is 0 Å². The fraction of sp³-hybridized carbons (Fsp3) is 0.647. The molecule has 0 aliphatic carbocycles. The van der Waals surface area contributed by atoms with E-state index in [4.69, 9.17) is 4.74 Å². The van der Waals surface area contributed by atoms with Crippen molar-refractivity contribution < 1.29 is 4.74 Å². The van der Waals surface area contributed by atoms with Crippen LogP contribution in [0, 0.1) is 0 Å². The van der Waals surface area contributed by atoms with Gasteiger partial charge in [-0.3, -0.25) is 0 Å². The quantitative estimate of drug-likeness (QED) is 0.804. The molecule has 1 aromatic carbocycles. The number of hydrogen-bond donors (Lipinski definition) is 1. The average Bonchev–Trinajstić information content (AvgIpc) is 2.50. The molecule has 20 heavy (non-hydrogen) atoms. The largest absolute Gasteiger partial charge is 0.381 e. The van der Waals surface area contributed by atoms with Crippen LogP contribution in [0.3, 0.4) is 0 Å². The molecule has 0 radical (unpaired) electrons. The van der Waals surface area contributed by atoms with Gasteiger partial charge in [0.25, 0.3) is 0 Å². The fourth-order valence-electron chi connectivity index (χ4n) is 2.58. The Morgan fingerprint density at radius 2 is 1.90 bits per heavy atom. The molecule has 1 atom stereocenters. The van der Waals surface area contributed by atoms with Crippen molar-refractivity contribution >= 4 is 11.8 Å². The van der Waals surface area contributed by atoms with Crippen molar-refractivity contribution in [3.63, 3.8) is 0 Å². The number of hydrogen-bond acceptors (Lipinski definition) is 3. The summed E-state index contributed by atoms with van der Waals surface area (Å²) in [6, 6.07) is 9.64. The van der Waals surface area contributed by atoms with E-state index in [1.54, 1.807) is 0 Å². The van der Waals surface area contributed by atoms with Crippen molar-refractivity contribution in [2.45, 2.75) is 55.7 Å². The molecule has 2 nitrogen and oxygen atoms in total. The van der Waals surface area contributed by atoms with Crippen LogP contribution in [-0.2, 0) is 4.74 Å². The summed E-state index contributed by atoms with van der Waals surface area (Å²) in [4.78, 5) is 1.39.